The van der Waals surface area contributed by atoms with E-state index in [1.165, 1.54) is 0 Å². The lowest BCUT2D eigenvalue weighted by atomic mass is 10.2. The van der Waals surface area contributed by atoms with Crippen LogP contribution in [0.15, 0.2) is 30.3 Å². The number of nitro benzene ring substituents is 1. The summed E-state index contributed by atoms with van der Waals surface area (Å²) in [7, 11) is 0. The molecule has 0 saturated carbocycles. The van der Waals surface area contributed by atoms with Gasteiger partial charge in [0.25, 0.3) is 5.69 Å². The highest BCUT2D eigenvalue weighted by atomic mass is 19.4. The van der Waals surface area contributed by atoms with Crippen LogP contribution in [0.3, 0.4) is 0 Å². The molecular weight excluding hydrogens is 332 g/mol. The summed E-state index contributed by atoms with van der Waals surface area (Å²) < 4.78 is 82.4. The maximum Gasteiger partial charge on any atom is 0.416 e. The zero-order valence-electron chi connectivity index (χ0n) is 10.8. The zero-order valence-corrected chi connectivity index (χ0v) is 10.8. The molecule has 0 aliphatic heterocycles. The minimum absolute atomic E-state index is 0.0341. The largest absolute Gasteiger partial charge is 0.448 e. The van der Waals surface area contributed by atoms with E-state index in [4.69, 9.17) is 0 Å². The maximum atomic E-state index is 13.6. The fourth-order valence-electron chi connectivity index (χ4n) is 1.61. The second-order valence-corrected chi connectivity index (χ2v) is 4.24. The number of hydrogen-bond acceptors (Lipinski definition) is 3. The molecule has 10 heteroatoms. The van der Waals surface area contributed by atoms with Crippen LogP contribution >= 0.6 is 0 Å². The van der Waals surface area contributed by atoms with Crippen LogP contribution in [-0.4, -0.2) is 4.92 Å². The summed E-state index contributed by atoms with van der Waals surface area (Å²) in [5, 5.41) is 10.6. The first-order valence-electron chi connectivity index (χ1n) is 5.77. The van der Waals surface area contributed by atoms with E-state index in [1.807, 2.05) is 0 Å². The highest BCUT2D eigenvalue weighted by Gasteiger charge is 2.33. The predicted molar refractivity (Wildman–Crippen MR) is 64.5 cm³/mol. The molecule has 0 fully saturated rings. The van der Waals surface area contributed by atoms with Gasteiger partial charge in [-0.2, -0.15) is 13.2 Å². The third-order valence-electron chi connectivity index (χ3n) is 2.66. The van der Waals surface area contributed by atoms with Gasteiger partial charge >= 0.3 is 6.18 Å². The molecule has 0 bridgehead atoms. The standard InChI is InChI=1S/C13H5F6NO3/c14-8-2-1-7(20(21)22)5-11(8)23-12-9(15)3-6(4-10(12)16)13(17,18)19/h1-5H. The number of nitrogens with zero attached hydrogens (tertiary/aromatic N) is 1. The predicted octanol–water partition coefficient (Wildman–Crippen LogP) is 4.82. The highest BCUT2D eigenvalue weighted by Crippen LogP contribution is 2.36. The molecular formula is C13H5F6NO3. The molecule has 122 valence electrons. The normalized spacial score (nSPS) is 11.4. The molecule has 0 atom stereocenters. The van der Waals surface area contributed by atoms with Crippen molar-refractivity contribution in [1.82, 2.24) is 0 Å². The summed E-state index contributed by atoms with van der Waals surface area (Å²) in [5.41, 5.74) is -2.23. The number of benzene rings is 2. The van der Waals surface area contributed by atoms with Crippen LogP contribution in [0, 0.1) is 27.6 Å². The van der Waals surface area contributed by atoms with Crippen molar-refractivity contribution in [3.63, 3.8) is 0 Å². The lowest BCUT2D eigenvalue weighted by Gasteiger charge is -2.12. The first-order chi connectivity index (χ1) is 10.6. The topological polar surface area (TPSA) is 52.4 Å². The molecule has 4 nitrogen and oxygen atoms in total. The van der Waals surface area contributed by atoms with Gasteiger partial charge in [0, 0.05) is 6.07 Å². The molecule has 0 heterocycles. The van der Waals surface area contributed by atoms with Gasteiger partial charge < -0.3 is 4.74 Å². The minimum atomic E-state index is -4.99. The van der Waals surface area contributed by atoms with E-state index in [2.05, 4.69) is 4.74 Å². The molecule has 0 unspecified atom stereocenters. The first kappa shape index (κ1) is 16.6. The van der Waals surface area contributed by atoms with Gasteiger partial charge in [0.2, 0.25) is 0 Å². The number of halogens is 6. The van der Waals surface area contributed by atoms with Gasteiger partial charge in [0.1, 0.15) is 0 Å². The van der Waals surface area contributed by atoms with Gasteiger partial charge in [0.15, 0.2) is 29.0 Å². The summed E-state index contributed by atoms with van der Waals surface area (Å²) in [5.74, 6) is -6.87. The minimum Gasteiger partial charge on any atom is -0.448 e. The number of rotatable bonds is 3. The van der Waals surface area contributed by atoms with Crippen molar-refractivity contribution in [3.8, 4) is 11.5 Å². The Labute approximate surface area is 124 Å². The fourth-order valence-corrected chi connectivity index (χ4v) is 1.61. The fraction of sp³-hybridized carbons (Fsp3) is 0.0769. The summed E-state index contributed by atoms with van der Waals surface area (Å²) >= 11 is 0. The van der Waals surface area contributed by atoms with Crippen molar-refractivity contribution in [2.75, 3.05) is 0 Å². The second kappa shape index (κ2) is 5.78. The van der Waals surface area contributed by atoms with E-state index in [0.29, 0.717) is 12.1 Å². The molecule has 0 aliphatic rings. The monoisotopic (exact) mass is 337 g/mol. The number of non-ortho nitro benzene ring substituents is 1. The summed E-state index contributed by atoms with van der Waals surface area (Å²) in [6, 6.07) is 1.88. The number of hydrogen-bond donors (Lipinski definition) is 0. The molecule has 0 aromatic heterocycles. The van der Waals surface area contributed by atoms with E-state index in [1.54, 1.807) is 0 Å². The van der Waals surface area contributed by atoms with Crippen LogP contribution < -0.4 is 4.74 Å². The lowest BCUT2D eigenvalue weighted by Crippen LogP contribution is -2.07. The van der Waals surface area contributed by atoms with Gasteiger partial charge in [-0.05, 0) is 18.2 Å². The van der Waals surface area contributed by atoms with Crippen molar-refractivity contribution in [2.45, 2.75) is 6.18 Å². The van der Waals surface area contributed by atoms with E-state index >= 15 is 0 Å². The second-order valence-electron chi connectivity index (χ2n) is 4.24. The molecule has 2 rings (SSSR count). The van der Waals surface area contributed by atoms with Crippen LogP contribution in [0.25, 0.3) is 0 Å². The Bertz CT molecular complexity index is 752. The van der Waals surface area contributed by atoms with Gasteiger partial charge in [0.05, 0.1) is 16.6 Å². The van der Waals surface area contributed by atoms with Gasteiger partial charge in [-0.3, -0.25) is 10.1 Å². The average molecular weight is 337 g/mol. The van der Waals surface area contributed by atoms with E-state index in [9.17, 15) is 36.5 Å². The molecule has 2 aromatic carbocycles. The molecule has 0 N–H and O–H groups in total. The van der Waals surface area contributed by atoms with Crippen LogP contribution in [0.4, 0.5) is 32.0 Å². The first-order valence-corrected chi connectivity index (χ1v) is 5.77. The Morgan fingerprint density at radius 2 is 1.52 bits per heavy atom. The van der Waals surface area contributed by atoms with Crippen LogP contribution in [0.1, 0.15) is 5.56 Å². The molecule has 0 radical (unpaired) electrons. The highest BCUT2D eigenvalue weighted by molar-refractivity contribution is 5.43. The van der Waals surface area contributed by atoms with Gasteiger partial charge in [-0.25, -0.2) is 13.2 Å². The summed E-state index contributed by atoms with van der Waals surface area (Å²) in [6.45, 7) is 0. The van der Waals surface area contributed by atoms with Crippen LogP contribution in [-0.2, 0) is 6.18 Å². The molecule has 2 aromatic rings. The third kappa shape index (κ3) is 3.52. The van der Waals surface area contributed by atoms with E-state index in [0.717, 1.165) is 6.07 Å². The summed E-state index contributed by atoms with van der Waals surface area (Å²) in [6.07, 6.45) is -4.99. The van der Waals surface area contributed by atoms with Crippen molar-refractivity contribution in [3.05, 3.63) is 63.5 Å². The van der Waals surface area contributed by atoms with E-state index in [-0.39, 0.29) is 12.1 Å². The average Bonchev–Trinajstić information content (AvgIpc) is 2.43. The number of ether oxygens (including phenoxy) is 1. The molecule has 0 amide bonds. The summed E-state index contributed by atoms with van der Waals surface area (Å²) in [4.78, 5) is 9.65. The Morgan fingerprint density at radius 3 is 2.00 bits per heavy atom. The molecule has 23 heavy (non-hydrogen) atoms. The quantitative estimate of drug-likeness (QED) is 0.458. The lowest BCUT2D eigenvalue weighted by molar-refractivity contribution is -0.385. The number of nitro groups is 1. The van der Waals surface area contributed by atoms with Crippen molar-refractivity contribution >= 4 is 5.69 Å². The molecule has 0 spiro atoms. The Hall–Kier alpha value is -2.78. The van der Waals surface area contributed by atoms with Gasteiger partial charge in [-0.15, -0.1) is 0 Å². The van der Waals surface area contributed by atoms with Crippen molar-refractivity contribution in [1.29, 1.82) is 0 Å². The Kier molecular flexibility index (Phi) is 4.17. The number of alkyl halides is 3. The SMILES string of the molecule is O=[N+]([O-])c1ccc(F)c(Oc2c(F)cc(C(F)(F)F)cc2F)c1. The van der Waals surface area contributed by atoms with Crippen molar-refractivity contribution in [2.24, 2.45) is 0 Å². The molecule has 0 saturated heterocycles. The Balaban J connectivity index is 2.45. The van der Waals surface area contributed by atoms with Gasteiger partial charge in [-0.1, -0.05) is 0 Å². The molecule has 0 aliphatic carbocycles. The van der Waals surface area contributed by atoms with Crippen LogP contribution in [0.5, 0.6) is 11.5 Å². The van der Waals surface area contributed by atoms with E-state index < -0.39 is 51.3 Å². The third-order valence-corrected chi connectivity index (χ3v) is 2.66. The van der Waals surface area contributed by atoms with Crippen molar-refractivity contribution < 1.29 is 36.0 Å². The van der Waals surface area contributed by atoms with Crippen LogP contribution in [0.2, 0.25) is 0 Å². The Morgan fingerprint density at radius 1 is 0.957 bits per heavy atom. The zero-order chi connectivity index (χ0) is 17.4. The smallest absolute Gasteiger partial charge is 0.416 e. The maximum absolute atomic E-state index is 13.6.